The van der Waals surface area contributed by atoms with Crippen molar-refractivity contribution in [3.63, 3.8) is 0 Å². The number of ketones is 1. The van der Waals surface area contributed by atoms with E-state index >= 15 is 0 Å². The van der Waals surface area contributed by atoms with Crippen molar-refractivity contribution in [1.29, 1.82) is 0 Å². The van der Waals surface area contributed by atoms with Gasteiger partial charge in [0.15, 0.2) is 5.78 Å². The highest BCUT2D eigenvalue weighted by atomic mass is 16.5. The third kappa shape index (κ3) is 2.90. The van der Waals surface area contributed by atoms with Crippen molar-refractivity contribution in [2.75, 3.05) is 4.90 Å². The molecule has 0 unspecified atom stereocenters. The average molecular weight is 478 g/mol. The van der Waals surface area contributed by atoms with Crippen LogP contribution in [0, 0.1) is 35.5 Å². The first kappa shape index (κ1) is 21.2. The molecule has 4 aliphatic carbocycles. The zero-order valence-electron chi connectivity index (χ0n) is 19.6. The van der Waals surface area contributed by atoms with Crippen molar-refractivity contribution in [1.82, 2.24) is 0 Å². The van der Waals surface area contributed by atoms with Gasteiger partial charge in [-0.25, -0.2) is 9.69 Å². The summed E-state index contributed by atoms with van der Waals surface area (Å²) in [6, 6.07) is 17.3. The maximum Gasteiger partial charge on any atom is 0.343 e. The highest BCUT2D eigenvalue weighted by molar-refractivity contribution is 6.23. The number of carbonyl (C=O) groups excluding carboxylic acids is 4. The van der Waals surface area contributed by atoms with E-state index in [2.05, 4.69) is 12.2 Å². The second-order valence-electron chi connectivity index (χ2n) is 10.3. The topological polar surface area (TPSA) is 80.8 Å². The largest absolute Gasteiger partial charge is 0.421 e. The first-order valence-electron chi connectivity index (χ1n) is 12.3. The van der Waals surface area contributed by atoms with E-state index in [-0.39, 0.29) is 52.6 Å². The van der Waals surface area contributed by atoms with Crippen LogP contribution in [0.2, 0.25) is 0 Å². The van der Waals surface area contributed by atoms with Gasteiger partial charge in [0.1, 0.15) is 5.75 Å². The lowest BCUT2D eigenvalue weighted by Gasteiger charge is -2.37. The average Bonchev–Trinajstić information content (AvgIpc) is 3.67. The number of Topliss-reactive ketones (excluding diaryl/α,β-unsaturated/α-hetero) is 1. The highest BCUT2D eigenvalue weighted by Gasteiger charge is 2.67. The molecule has 6 heteroatoms. The molecule has 0 N–H and O–H groups in total. The Balaban J connectivity index is 1.21. The van der Waals surface area contributed by atoms with E-state index in [1.165, 1.54) is 17.9 Å². The third-order valence-electron chi connectivity index (χ3n) is 8.46. The molecule has 0 aromatic heterocycles. The lowest BCUT2D eigenvalue weighted by molar-refractivity contribution is -0.124. The van der Waals surface area contributed by atoms with Crippen LogP contribution >= 0.6 is 0 Å². The molecule has 36 heavy (non-hydrogen) atoms. The summed E-state index contributed by atoms with van der Waals surface area (Å²) in [5, 5.41) is 1.50. The van der Waals surface area contributed by atoms with Gasteiger partial charge in [0.25, 0.3) is 0 Å². The quantitative estimate of drug-likeness (QED) is 0.177. The van der Waals surface area contributed by atoms with Gasteiger partial charge in [0.05, 0.1) is 28.7 Å². The molecule has 8 rings (SSSR count). The van der Waals surface area contributed by atoms with Crippen LogP contribution in [0.1, 0.15) is 34.1 Å². The minimum Gasteiger partial charge on any atom is -0.421 e. The normalized spacial score (nSPS) is 29.3. The Hall–Kier alpha value is -4.06. The number of hydrogen-bond acceptors (Lipinski definition) is 5. The molecule has 1 heterocycles. The molecule has 1 saturated heterocycles. The van der Waals surface area contributed by atoms with Gasteiger partial charge in [-0.1, -0.05) is 48.6 Å². The van der Waals surface area contributed by atoms with E-state index in [0.717, 1.165) is 11.8 Å². The Labute approximate surface area is 207 Å². The Morgan fingerprint density at radius 3 is 2.25 bits per heavy atom. The molecule has 3 aromatic rings. The molecule has 0 spiro atoms. The second-order valence-corrected chi connectivity index (χ2v) is 10.3. The Morgan fingerprint density at radius 2 is 1.56 bits per heavy atom. The lowest BCUT2D eigenvalue weighted by Crippen LogP contribution is -2.40. The fourth-order valence-electron chi connectivity index (χ4n) is 6.77. The minimum atomic E-state index is -0.657. The van der Waals surface area contributed by atoms with Gasteiger partial charge in [-0.15, -0.1) is 0 Å². The summed E-state index contributed by atoms with van der Waals surface area (Å²) in [6.45, 7) is 1.43. The molecule has 3 aromatic carbocycles. The maximum absolute atomic E-state index is 13.5. The number of amides is 2. The summed E-state index contributed by atoms with van der Waals surface area (Å²) in [5.74, 6) is -0.303. The smallest absolute Gasteiger partial charge is 0.343 e. The molecule has 6 nitrogen and oxygen atoms in total. The van der Waals surface area contributed by atoms with E-state index < -0.39 is 5.97 Å². The number of imide groups is 1. The SMILES string of the molecule is CC(=O)c1ccc2ccccc2c1OC(=O)c1cccc(N2C(=O)[C@@H]3[C@H]4C=C[C@H]([C@H]5C[C@H]45)[C@@H]3C2=O)c1. The van der Waals surface area contributed by atoms with Crippen LogP contribution < -0.4 is 9.64 Å². The first-order chi connectivity index (χ1) is 17.4. The molecule has 0 radical (unpaired) electrons. The zero-order chi connectivity index (χ0) is 24.7. The van der Waals surface area contributed by atoms with Gasteiger partial charge >= 0.3 is 5.97 Å². The van der Waals surface area contributed by atoms with Crippen molar-refractivity contribution in [2.24, 2.45) is 35.5 Å². The standard InChI is InChI=1S/C30H23NO5/c1-15(32)19-10-9-16-5-2-3-8-20(16)27(19)36-30(35)17-6-4-7-18(13-17)31-28(33)25-21-11-12-22(24-14-23(21)24)26(25)29(31)34/h2-13,21-26H,14H2,1H3/t21-,22+,23-,24-,25+,26-/m1/s1. The molecule has 6 atom stereocenters. The van der Waals surface area contributed by atoms with Crippen molar-refractivity contribution in [3.8, 4) is 5.75 Å². The van der Waals surface area contributed by atoms with Crippen LogP contribution in [0.4, 0.5) is 5.69 Å². The van der Waals surface area contributed by atoms with Gasteiger partial charge in [-0.3, -0.25) is 14.4 Å². The van der Waals surface area contributed by atoms with Crippen LogP contribution in [0.25, 0.3) is 10.8 Å². The van der Waals surface area contributed by atoms with Crippen LogP contribution in [-0.4, -0.2) is 23.6 Å². The number of fused-ring (bicyclic) bond motifs is 1. The zero-order valence-corrected chi connectivity index (χ0v) is 19.6. The number of nitrogens with zero attached hydrogens (tertiary/aromatic N) is 1. The van der Waals surface area contributed by atoms with Gasteiger partial charge in [-0.2, -0.15) is 0 Å². The summed E-state index contributed by atoms with van der Waals surface area (Å²) in [6.07, 6.45) is 5.38. The van der Waals surface area contributed by atoms with Crippen molar-refractivity contribution < 1.29 is 23.9 Å². The molecule has 2 amide bonds. The molecule has 2 bridgehead atoms. The van der Waals surface area contributed by atoms with E-state index in [9.17, 15) is 19.2 Å². The van der Waals surface area contributed by atoms with E-state index in [1.807, 2.05) is 24.3 Å². The monoisotopic (exact) mass is 477 g/mol. The number of esters is 1. The molecule has 3 fully saturated rings. The number of allylic oxidation sites excluding steroid dienone is 2. The Bertz CT molecular complexity index is 1500. The van der Waals surface area contributed by atoms with Gasteiger partial charge in [0.2, 0.25) is 11.8 Å². The van der Waals surface area contributed by atoms with Crippen LogP contribution in [0.5, 0.6) is 5.75 Å². The predicted molar refractivity (Wildman–Crippen MR) is 133 cm³/mol. The van der Waals surface area contributed by atoms with Crippen LogP contribution in [0.3, 0.4) is 0 Å². The second kappa shape index (κ2) is 7.47. The minimum absolute atomic E-state index is 0.135. The van der Waals surface area contributed by atoms with Gasteiger partial charge in [-0.05, 0) is 66.7 Å². The predicted octanol–water partition coefficient (Wildman–Crippen LogP) is 4.82. The number of hydrogen-bond donors (Lipinski definition) is 0. The highest BCUT2D eigenvalue weighted by Crippen LogP contribution is 2.65. The summed E-state index contributed by atoms with van der Waals surface area (Å²) in [4.78, 5) is 53.7. The fourth-order valence-corrected chi connectivity index (χ4v) is 6.77. The van der Waals surface area contributed by atoms with E-state index in [1.54, 1.807) is 30.3 Å². The molecule has 5 aliphatic rings. The third-order valence-corrected chi connectivity index (χ3v) is 8.46. The molecule has 178 valence electrons. The molecule has 1 aliphatic heterocycles. The van der Waals surface area contributed by atoms with Gasteiger partial charge < -0.3 is 4.74 Å². The van der Waals surface area contributed by atoms with Crippen LogP contribution in [-0.2, 0) is 9.59 Å². The molecular weight excluding hydrogens is 454 g/mol. The van der Waals surface area contributed by atoms with Crippen molar-refractivity contribution >= 4 is 40.0 Å². The number of carbonyl (C=O) groups is 4. The summed E-state index contributed by atoms with van der Waals surface area (Å²) < 4.78 is 5.78. The van der Waals surface area contributed by atoms with E-state index in [4.69, 9.17) is 4.74 Å². The maximum atomic E-state index is 13.5. The van der Waals surface area contributed by atoms with Gasteiger partial charge in [0, 0.05) is 5.39 Å². The van der Waals surface area contributed by atoms with Crippen molar-refractivity contribution in [2.45, 2.75) is 13.3 Å². The lowest BCUT2D eigenvalue weighted by atomic mass is 9.63. The Kier molecular flexibility index (Phi) is 4.41. The van der Waals surface area contributed by atoms with Crippen LogP contribution in [0.15, 0.2) is 72.8 Å². The molecule has 2 saturated carbocycles. The van der Waals surface area contributed by atoms with E-state index in [0.29, 0.717) is 28.5 Å². The summed E-state index contributed by atoms with van der Waals surface area (Å²) >= 11 is 0. The van der Waals surface area contributed by atoms with Crippen molar-refractivity contribution in [3.05, 3.63) is 83.9 Å². The Morgan fingerprint density at radius 1 is 0.861 bits per heavy atom. The molecular formula is C30H23NO5. The summed E-state index contributed by atoms with van der Waals surface area (Å²) in [5.41, 5.74) is 0.898. The number of rotatable bonds is 4. The number of ether oxygens (including phenoxy) is 1. The number of anilines is 1. The fraction of sp³-hybridized carbons (Fsp3) is 0.267. The first-order valence-corrected chi connectivity index (χ1v) is 12.3. The number of benzene rings is 3. The summed E-state index contributed by atoms with van der Waals surface area (Å²) in [7, 11) is 0.